The van der Waals surface area contributed by atoms with Gasteiger partial charge in [-0.15, -0.1) is 0 Å². The van der Waals surface area contributed by atoms with Crippen LogP contribution < -0.4 is 0 Å². The van der Waals surface area contributed by atoms with Gasteiger partial charge in [-0.25, -0.2) is 0 Å². The molecule has 3 heterocycles. The number of ether oxygens (including phenoxy) is 1. The highest BCUT2D eigenvalue weighted by Crippen LogP contribution is 2.19. The van der Waals surface area contributed by atoms with Gasteiger partial charge < -0.3 is 19.1 Å². The normalized spacial score (nSPS) is 16.8. The molecular weight excluding hydrogens is 362 g/mol. The van der Waals surface area contributed by atoms with Gasteiger partial charge in [-0.1, -0.05) is 5.16 Å². The lowest BCUT2D eigenvalue weighted by Crippen LogP contribution is -2.51. The number of aromatic nitrogens is 3. The Morgan fingerprint density at radius 1 is 1.43 bits per heavy atom. The summed E-state index contributed by atoms with van der Waals surface area (Å²) < 4.78 is 10.1. The van der Waals surface area contributed by atoms with Gasteiger partial charge in [0.1, 0.15) is 6.61 Å². The van der Waals surface area contributed by atoms with Crippen molar-refractivity contribution >= 4 is 11.8 Å². The Kier molecular flexibility index (Phi) is 6.70. The first-order valence-electron chi connectivity index (χ1n) is 9.35. The van der Waals surface area contributed by atoms with Crippen LogP contribution in [0.3, 0.4) is 0 Å². The van der Waals surface area contributed by atoms with Gasteiger partial charge in [0.05, 0.1) is 5.56 Å². The second kappa shape index (κ2) is 9.41. The van der Waals surface area contributed by atoms with Crippen LogP contribution in [0.15, 0.2) is 29.0 Å². The molecular formula is C19H25N5O4. The van der Waals surface area contributed by atoms with Crippen LogP contribution >= 0.6 is 0 Å². The highest BCUT2D eigenvalue weighted by molar-refractivity contribution is 5.94. The number of rotatable bonds is 7. The fourth-order valence-corrected chi connectivity index (χ4v) is 3.46. The van der Waals surface area contributed by atoms with Crippen molar-refractivity contribution in [2.45, 2.75) is 38.8 Å². The maximum atomic E-state index is 12.7. The molecule has 0 spiro atoms. The number of likely N-dealkylation sites (tertiary alicyclic amines) is 1. The highest BCUT2D eigenvalue weighted by Gasteiger charge is 2.30. The van der Waals surface area contributed by atoms with Gasteiger partial charge >= 0.3 is 0 Å². The summed E-state index contributed by atoms with van der Waals surface area (Å²) in [7, 11) is 1.56. The molecule has 9 heteroatoms. The molecule has 28 heavy (non-hydrogen) atoms. The lowest BCUT2D eigenvalue weighted by Gasteiger charge is -2.39. The Labute approximate surface area is 163 Å². The minimum atomic E-state index is -0.0522. The van der Waals surface area contributed by atoms with Crippen molar-refractivity contribution in [1.29, 1.82) is 0 Å². The topological polar surface area (TPSA) is 102 Å². The van der Waals surface area contributed by atoms with E-state index in [0.717, 1.165) is 12.8 Å². The summed E-state index contributed by atoms with van der Waals surface area (Å²) in [5.41, 5.74) is 0.565. The maximum absolute atomic E-state index is 12.7. The van der Waals surface area contributed by atoms with Gasteiger partial charge in [-0.3, -0.25) is 14.6 Å². The van der Waals surface area contributed by atoms with Crippen LogP contribution in [0.4, 0.5) is 0 Å². The zero-order valence-electron chi connectivity index (χ0n) is 16.2. The molecule has 2 amide bonds. The first-order chi connectivity index (χ1) is 13.6. The van der Waals surface area contributed by atoms with Crippen molar-refractivity contribution in [2.75, 3.05) is 26.7 Å². The first kappa shape index (κ1) is 19.9. The van der Waals surface area contributed by atoms with E-state index >= 15 is 0 Å². The zero-order valence-corrected chi connectivity index (χ0v) is 16.2. The Hall–Kier alpha value is -2.81. The summed E-state index contributed by atoms with van der Waals surface area (Å²) in [5, 5.41) is 3.92. The molecule has 1 atom stereocenters. The second-order valence-corrected chi connectivity index (χ2v) is 6.79. The molecule has 3 rings (SSSR count). The summed E-state index contributed by atoms with van der Waals surface area (Å²) in [6.07, 6.45) is 5.41. The van der Waals surface area contributed by atoms with E-state index in [-0.39, 0.29) is 24.5 Å². The van der Waals surface area contributed by atoms with Crippen LogP contribution in [0.2, 0.25) is 0 Å². The van der Waals surface area contributed by atoms with E-state index in [9.17, 15) is 9.59 Å². The minimum absolute atomic E-state index is 0.0266. The number of pyridine rings is 1. The van der Waals surface area contributed by atoms with Crippen LogP contribution in [-0.4, -0.2) is 69.5 Å². The molecule has 1 aliphatic heterocycles. The molecule has 2 aromatic heterocycles. The molecule has 9 nitrogen and oxygen atoms in total. The molecule has 1 unspecified atom stereocenters. The largest absolute Gasteiger partial charge is 0.375 e. The molecule has 1 fully saturated rings. The Bertz CT molecular complexity index is 795. The Morgan fingerprint density at radius 2 is 2.29 bits per heavy atom. The number of hydrogen-bond acceptors (Lipinski definition) is 7. The minimum Gasteiger partial charge on any atom is -0.375 e. The quantitative estimate of drug-likeness (QED) is 0.706. The standard InChI is InChI=1S/C19H25N5O4/c1-14(25)24(10-7-17-21-18(13-27-2)28-22-17)16-6-4-9-23(12-16)19(26)15-5-3-8-20-11-15/h3,5,8,11,16H,4,6-7,9-10,12-13H2,1-2H3. The predicted molar refractivity (Wildman–Crippen MR) is 99.3 cm³/mol. The average Bonchev–Trinajstić information content (AvgIpc) is 3.16. The lowest BCUT2D eigenvalue weighted by atomic mass is 10.0. The van der Waals surface area contributed by atoms with Crippen molar-refractivity contribution < 1.29 is 18.8 Å². The monoisotopic (exact) mass is 387 g/mol. The summed E-state index contributed by atoms with van der Waals surface area (Å²) in [5.74, 6) is 0.875. The van der Waals surface area contributed by atoms with Crippen molar-refractivity contribution in [2.24, 2.45) is 0 Å². The van der Waals surface area contributed by atoms with Gasteiger partial charge in [0.2, 0.25) is 5.91 Å². The Morgan fingerprint density at radius 3 is 3.00 bits per heavy atom. The molecule has 0 aliphatic carbocycles. The van der Waals surface area contributed by atoms with E-state index in [1.54, 1.807) is 48.4 Å². The van der Waals surface area contributed by atoms with Crippen LogP contribution in [0.1, 0.15) is 41.8 Å². The number of carbonyl (C=O) groups excluding carboxylic acids is 2. The Balaban J connectivity index is 1.62. The number of carbonyl (C=O) groups is 2. The number of piperidine rings is 1. The number of nitrogens with zero attached hydrogens (tertiary/aromatic N) is 5. The number of amides is 2. The van der Waals surface area contributed by atoms with E-state index in [0.29, 0.717) is 43.3 Å². The van der Waals surface area contributed by atoms with E-state index < -0.39 is 0 Å². The van der Waals surface area contributed by atoms with Gasteiger partial charge in [0.25, 0.3) is 11.8 Å². The first-order valence-corrected chi connectivity index (χ1v) is 9.35. The summed E-state index contributed by atoms with van der Waals surface area (Å²) in [6, 6.07) is 3.48. The summed E-state index contributed by atoms with van der Waals surface area (Å²) >= 11 is 0. The van der Waals surface area contributed by atoms with Crippen molar-refractivity contribution in [3.8, 4) is 0 Å². The predicted octanol–water partition coefficient (Wildman–Crippen LogP) is 1.31. The molecule has 0 bridgehead atoms. The third-order valence-corrected chi connectivity index (χ3v) is 4.79. The van der Waals surface area contributed by atoms with Crippen LogP contribution in [0.5, 0.6) is 0 Å². The summed E-state index contributed by atoms with van der Waals surface area (Å²) in [4.78, 5) is 36.8. The van der Waals surface area contributed by atoms with Gasteiger partial charge in [0, 0.05) is 58.5 Å². The van der Waals surface area contributed by atoms with Crippen LogP contribution in [0, 0.1) is 0 Å². The number of hydrogen-bond donors (Lipinski definition) is 0. The van der Waals surface area contributed by atoms with Gasteiger partial charge in [-0.2, -0.15) is 4.98 Å². The van der Waals surface area contributed by atoms with E-state index in [4.69, 9.17) is 9.26 Å². The SMILES string of the molecule is COCc1nc(CCN(C(C)=O)C2CCCN(C(=O)c3cccnc3)C2)no1. The maximum Gasteiger partial charge on any atom is 0.255 e. The third-order valence-electron chi connectivity index (χ3n) is 4.79. The molecule has 2 aromatic rings. The number of methoxy groups -OCH3 is 1. The smallest absolute Gasteiger partial charge is 0.255 e. The molecule has 1 aliphatic rings. The molecule has 1 saturated heterocycles. The second-order valence-electron chi connectivity index (χ2n) is 6.79. The highest BCUT2D eigenvalue weighted by atomic mass is 16.5. The zero-order chi connectivity index (χ0) is 19.9. The van der Waals surface area contributed by atoms with Crippen LogP contribution in [0.25, 0.3) is 0 Å². The average molecular weight is 387 g/mol. The fraction of sp³-hybridized carbons (Fsp3) is 0.526. The van der Waals surface area contributed by atoms with E-state index in [2.05, 4.69) is 15.1 Å². The van der Waals surface area contributed by atoms with Crippen molar-refractivity contribution in [3.05, 3.63) is 41.8 Å². The lowest BCUT2D eigenvalue weighted by molar-refractivity contribution is -0.132. The van der Waals surface area contributed by atoms with E-state index in [1.165, 1.54) is 0 Å². The van der Waals surface area contributed by atoms with Gasteiger partial charge in [0.15, 0.2) is 5.82 Å². The molecule has 150 valence electrons. The molecule has 0 saturated carbocycles. The van der Waals surface area contributed by atoms with Crippen molar-refractivity contribution in [3.63, 3.8) is 0 Å². The molecule has 0 radical (unpaired) electrons. The fourth-order valence-electron chi connectivity index (χ4n) is 3.46. The third kappa shape index (κ3) is 4.92. The van der Waals surface area contributed by atoms with E-state index in [1.807, 2.05) is 0 Å². The summed E-state index contributed by atoms with van der Waals surface area (Å²) in [6.45, 7) is 3.47. The van der Waals surface area contributed by atoms with Crippen LogP contribution in [-0.2, 0) is 22.6 Å². The molecule has 0 N–H and O–H groups in total. The molecule has 0 aromatic carbocycles. The van der Waals surface area contributed by atoms with Crippen molar-refractivity contribution in [1.82, 2.24) is 24.9 Å². The van der Waals surface area contributed by atoms with Gasteiger partial charge in [-0.05, 0) is 25.0 Å².